The van der Waals surface area contributed by atoms with Crippen LogP contribution in [0.25, 0.3) is 0 Å². The number of nitrogens with zero attached hydrogens (tertiary/aromatic N) is 4. The number of nitrogens with one attached hydrogen (secondary N) is 2. The van der Waals surface area contributed by atoms with E-state index in [1.807, 2.05) is 17.6 Å². The normalized spacial score (nSPS) is 11.1. The zero-order valence-electron chi connectivity index (χ0n) is 15.8. The van der Waals surface area contributed by atoms with Crippen molar-refractivity contribution in [1.82, 2.24) is 25.4 Å². The van der Waals surface area contributed by atoms with Crippen molar-refractivity contribution in [1.29, 1.82) is 0 Å². The molecule has 0 atom stereocenters. The molecule has 1 aromatic carbocycles. The summed E-state index contributed by atoms with van der Waals surface area (Å²) in [4.78, 5) is 4.49. The molecule has 0 aliphatic rings. The zero-order valence-corrected chi connectivity index (χ0v) is 18.2. The molecule has 9 heteroatoms. The van der Waals surface area contributed by atoms with Gasteiger partial charge in [0.05, 0.1) is 6.54 Å². The third kappa shape index (κ3) is 8.21. The van der Waals surface area contributed by atoms with Gasteiger partial charge in [-0.3, -0.25) is 0 Å². The average molecular weight is 490 g/mol. The SMILES string of the molecule is CCc1nncn1CCNC(=NCc1ccccc1F)NCCCOC.I. The predicted octanol–water partition coefficient (Wildman–Crippen LogP) is 2.37. The third-order valence-electron chi connectivity index (χ3n) is 3.84. The maximum Gasteiger partial charge on any atom is 0.191 e. The number of rotatable bonds is 10. The molecule has 2 N–H and O–H groups in total. The summed E-state index contributed by atoms with van der Waals surface area (Å²) in [7, 11) is 1.68. The van der Waals surface area contributed by atoms with Crippen molar-refractivity contribution in [3.63, 3.8) is 0 Å². The maximum atomic E-state index is 13.8. The Kier molecular flexibility index (Phi) is 11.6. The van der Waals surface area contributed by atoms with Gasteiger partial charge in [0, 0.05) is 45.3 Å². The van der Waals surface area contributed by atoms with Crippen molar-refractivity contribution >= 4 is 29.9 Å². The Balaban J connectivity index is 0.00000364. The van der Waals surface area contributed by atoms with Gasteiger partial charge >= 0.3 is 0 Å². The standard InChI is InChI=1S/C18H27FN6O.HI/c1-3-17-24-23-14-25(17)11-10-21-18(20-9-6-12-26-2)22-13-15-7-4-5-8-16(15)19;/h4-5,7-8,14H,3,6,9-13H2,1-2H3,(H2,20,21,22);1H. The van der Waals surface area contributed by atoms with Crippen molar-refractivity contribution in [3.05, 3.63) is 47.8 Å². The highest BCUT2D eigenvalue weighted by Gasteiger charge is 2.04. The molecule has 0 aliphatic carbocycles. The molecule has 0 fully saturated rings. The summed E-state index contributed by atoms with van der Waals surface area (Å²) in [5, 5.41) is 14.5. The fraction of sp³-hybridized carbons (Fsp3) is 0.500. The van der Waals surface area contributed by atoms with Crippen LogP contribution in [0.3, 0.4) is 0 Å². The van der Waals surface area contributed by atoms with E-state index in [2.05, 4.69) is 25.8 Å². The second-order valence-corrected chi connectivity index (χ2v) is 5.75. The summed E-state index contributed by atoms with van der Waals surface area (Å²) in [5.74, 6) is 1.35. The predicted molar refractivity (Wildman–Crippen MR) is 115 cm³/mol. The van der Waals surface area contributed by atoms with E-state index in [0.717, 1.165) is 31.8 Å². The van der Waals surface area contributed by atoms with E-state index in [1.54, 1.807) is 25.6 Å². The van der Waals surface area contributed by atoms with E-state index in [9.17, 15) is 4.39 Å². The van der Waals surface area contributed by atoms with E-state index < -0.39 is 0 Å². The van der Waals surface area contributed by atoms with E-state index in [0.29, 0.717) is 24.7 Å². The first-order valence-corrected chi connectivity index (χ1v) is 8.85. The summed E-state index contributed by atoms with van der Waals surface area (Å²) in [6, 6.07) is 6.68. The van der Waals surface area contributed by atoms with Gasteiger partial charge in [-0.2, -0.15) is 0 Å². The number of ether oxygens (including phenoxy) is 1. The van der Waals surface area contributed by atoms with Crippen LogP contribution in [0.2, 0.25) is 0 Å². The molecule has 0 spiro atoms. The summed E-state index contributed by atoms with van der Waals surface area (Å²) in [6.07, 6.45) is 3.43. The number of aryl methyl sites for hydroxylation is 1. The van der Waals surface area contributed by atoms with Crippen molar-refractivity contribution in [3.8, 4) is 0 Å². The molecule has 0 aliphatic heterocycles. The molecule has 0 amide bonds. The minimum absolute atomic E-state index is 0. The smallest absolute Gasteiger partial charge is 0.191 e. The molecule has 0 radical (unpaired) electrons. The largest absolute Gasteiger partial charge is 0.385 e. The lowest BCUT2D eigenvalue weighted by Crippen LogP contribution is -2.39. The summed E-state index contributed by atoms with van der Waals surface area (Å²) < 4.78 is 20.8. The molecule has 2 aromatic rings. The number of methoxy groups -OCH3 is 1. The molecule has 2 rings (SSSR count). The number of aromatic nitrogens is 3. The number of halogens is 2. The Morgan fingerprint density at radius 1 is 1.26 bits per heavy atom. The topological polar surface area (TPSA) is 76.4 Å². The van der Waals surface area contributed by atoms with Gasteiger partial charge in [0.1, 0.15) is 18.0 Å². The molecule has 0 saturated heterocycles. The monoisotopic (exact) mass is 490 g/mol. The Hall–Kier alpha value is -1.75. The van der Waals surface area contributed by atoms with E-state index in [-0.39, 0.29) is 36.3 Å². The molecule has 150 valence electrons. The highest BCUT2D eigenvalue weighted by molar-refractivity contribution is 14.0. The minimum Gasteiger partial charge on any atom is -0.385 e. The fourth-order valence-corrected chi connectivity index (χ4v) is 2.42. The highest BCUT2D eigenvalue weighted by atomic mass is 127. The Labute approximate surface area is 176 Å². The van der Waals surface area contributed by atoms with Crippen LogP contribution in [0.4, 0.5) is 4.39 Å². The molecule has 7 nitrogen and oxygen atoms in total. The number of guanidine groups is 1. The second-order valence-electron chi connectivity index (χ2n) is 5.75. The van der Waals surface area contributed by atoms with Gasteiger partial charge < -0.3 is 19.9 Å². The van der Waals surface area contributed by atoms with Crippen molar-refractivity contribution in [2.45, 2.75) is 32.9 Å². The van der Waals surface area contributed by atoms with Gasteiger partial charge in [0.2, 0.25) is 0 Å². The number of hydrogen-bond donors (Lipinski definition) is 2. The van der Waals surface area contributed by atoms with Gasteiger partial charge in [-0.15, -0.1) is 34.2 Å². The number of benzene rings is 1. The van der Waals surface area contributed by atoms with E-state index in [1.165, 1.54) is 6.07 Å². The highest BCUT2D eigenvalue weighted by Crippen LogP contribution is 2.07. The lowest BCUT2D eigenvalue weighted by atomic mass is 10.2. The third-order valence-corrected chi connectivity index (χ3v) is 3.84. The van der Waals surface area contributed by atoms with Gasteiger partial charge in [-0.1, -0.05) is 25.1 Å². The summed E-state index contributed by atoms with van der Waals surface area (Å²) in [5.41, 5.74) is 0.567. The molecule has 1 aromatic heterocycles. The van der Waals surface area contributed by atoms with E-state index >= 15 is 0 Å². The first-order valence-electron chi connectivity index (χ1n) is 8.85. The lowest BCUT2D eigenvalue weighted by Gasteiger charge is -2.13. The molecule has 0 unspecified atom stereocenters. The maximum absolute atomic E-state index is 13.8. The molecular weight excluding hydrogens is 462 g/mol. The molecule has 1 heterocycles. The number of hydrogen-bond acceptors (Lipinski definition) is 4. The van der Waals surface area contributed by atoms with Crippen LogP contribution in [0.1, 0.15) is 24.7 Å². The Morgan fingerprint density at radius 2 is 2.04 bits per heavy atom. The molecule has 27 heavy (non-hydrogen) atoms. The molecule has 0 saturated carbocycles. The Bertz CT molecular complexity index is 694. The summed E-state index contributed by atoms with van der Waals surface area (Å²) in [6.45, 7) is 5.12. The van der Waals surface area contributed by atoms with Crippen LogP contribution in [-0.2, 0) is 24.2 Å². The first kappa shape index (κ1) is 23.3. The molecule has 0 bridgehead atoms. The van der Waals surface area contributed by atoms with Crippen LogP contribution in [0, 0.1) is 5.82 Å². The van der Waals surface area contributed by atoms with Crippen LogP contribution in [-0.4, -0.2) is 47.5 Å². The summed E-state index contributed by atoms with van der Waals surface area (Å²) >= 11 is 0. The van der Waals surface area contributed by atoms with Gasteiger partial charge in [-0.05, 0) is 12.5 Å². The average Bonchev–Trinajstić information content (AvgIpc) is 3.11. The quantitative estimate of drug-likeness (QED) is 0.232. The zero-order chi connectivity index (χ0) is 18.6. The van der Waals surface area contributed by atoms with Crippen molar-refractivity contribution in [2.75, 3.05) is 26.8 Å². The minimum atomic E-state index is -0.243. The van der Waals surface area contributed by atoms with Crippen LogP contribution >= 0.6 is 24.0 Å². The second kappa shape index (κ2) is 13.4. The van der Waals surface area contributed by atoms with Gasteiger partial charge in [0.15, 0.2) is 5.96 Å². The van der Waals surface area contributed by atoms with Gasteiger partial charge in [0.25, 0.3) is 0 Å². The van der Waals surface area contributed by atoms with Crippen molar-refractivity contribution < 1.29 is 9.13 Å². The molecular formula is C18H28FIN6O. The fourth-order valence-electron chi connectivity index (χ4n) is 2.42. The van der Waals surface area contributed by atoms with Crippen LogP contribution in [0.15, 0.2) is 35.6 Å². The lowest BCUT2D eigenvalue weighted by molar-refractivity contribution is 0.195. The number of aliphatic imine (C=N–C) groups is 1. The first-order chi connectivity index (χ1) is 12.7. The van der Waals surface area contributed by atoms with Gasteiger partial charge in [-0.25, -0.2) is 9.38 Å². The van der Waals surface area contributed by atoms with Crippen LogP contribution in [0.5, 0.6) is 0 Å². The van der Waals surface area contributed by atoms with Crippen LogP contribution < -0.4 is 10.6 Å². The van der Waals surface area contributed by atoms with E-state index in [4.69, 9.17) is 4.74 Å². The van der Waals surface area contributed by atoms with Crippen molar-refractivity contribution in [2.24, 2.45) is 4.99 Å². The Morgan fingerprint density at radius 3 is 2.78 bits per heavy atom.